The van der Waals surface area contributed by atoms with Crippen LogP contribution in [-0.2, 0) is 26.2 Å². The highest BCUT2D eigenvalue weighted by Gasteiger charge is 2.32. The standard InChI is InChI=1S/C25H34ClN3O4S/c1-5-7-16-27-25(31)22(6-2)28(17-20-12-9-8-10-13-20)24(30)18-29(34(4,32)33)23-15-11-14-21(26)19(23)3/h8-15,22H,5-7,16-18H2,1-4H3,(H,27,31). The maximum Gasteiger partial charge on any atom is 0.244 e. The fourth-order valence-corrected chi connectivity index (χ4v) is 4.74. The molecule has 0 aliphatic heterocycles. The van der Waals surface area contributed by atoms with Crippen LogP contribution in [0.5, 0.6) is 0 Å². The maximum absolute atomic E-state index is 13.6. The molecule has 2 amide bonds. The van der Waals surface area contributed by atoms with Gasteiger partial charge in [-0.2, -0.15) is 0 Å². The van der Waals surface area contributed by atoms with Crippen molar-refractivity contribution < 1.29 is 18.0 Å². The second kappa shape index (κ2) is 12.8. The Morgan fingerprint density at radius 3 is 2.32 bits per heavy atom. The zero-order chi connectivity index (χ0) is 25.3. The third-order valence-electron chi connectivity index (χ3n) is 5.60. The topological polar surface area (TPSA) is 86.8 Å². The number of anilines is 1. The molecule has 2 rings (SSSR count). The summed E-state index contributed by atoms with van der Waals surface area (Å²) in [6, 6.07) is 13.5. The Labute approximate surface area is 208 Å². The molecule has 186 valence electrons. The summed E-state index contributed by atoms with van der Waals surface area (Å²) < 4.78 is 26.4. The van der Waals surface area contributed by atoms with E-state index in [1.54, 1.807) is 25.1 Å². The average molecular weight is 508 g/mol. The highest BCUT2D eigenvalue weighted by molar-refractivity contribution is 7.92. The third kappa shape index (κ3) is 7.46. The van der Waals surface area contributed by atoms with Crippen LogP contribution in [0, 0.1) is 6.92 Å². The molecule has 7 nitrogen and oxygen atoms in total. The van der Waals surface area contributed by atoms with E-state index < -0.39 is 28.5 Å². The first-order valence-corrected chi connectivity index (χ1v) is 13.7. The van der Waals surface area contributed by atoms with Crippen molar-refractivity contribution in [3.8, 4) is 0 Å². The summed E-state index contributed by atoms with van der Waals surface area (Å²) in [5.74, 6) is -0.712. The second-order valence-corrected chi connectivity index (χ2v) is 10.5. The van der Waals surface area contributed by atoms with Crippen LogP contribution in [0.15, 0.2) is 48.5 Å². The molecule has 1 atom stereocenters. The molecule has 2 aromatic rings. The van der Waals surface area contributed by atoms with Gasteiger partial charge in [-0.25, -0.2) is 8.42 Å². The first kappa shape index (κ1) is 27.7. The minimum Gasteiger partial charge on any atom is -0.354 e. The molecule has 9 heteroatoms. The van der Waals surface area contributed by atoms with Gasteiger partial charge < -0.3 is 10.2 Å². The van der Waals surface area contributed by atoms with Gasteiger partial charge in [0.25, 0.3) is 0 Å². The van der Waals surface area contributed by atoms with Crippen molar-refractivity contribution in [3.05, 3.63) is 64.7 Å². The van der Waals surface area contributed by atoms with Crippen LogP contribution < -0.4 is 9.62 Å². The molecule has 0 saturated heterocycles. The highest BCUT2D eigenvalue weighted by Crippen LogP contribution is 2.28. The monoisotopic (exact) mass is 507 g/mol. The first-order chi connectivity index (χ1) is 16.1. The molecular formula is C25H34ClN3O4S. The summed E-state index contributed by atoms with van der Waals surface area (Å²) in [6.07, 6.45) is 3.22. The largest absolute Gasteiger partial charge is 0.354 e. The van der Waals surface area contributed by atoms with Gasteiger partial charge >= 0.3 is 0 Å². The fraction of sp³-hybridized carbons (Fsp3) is 0.440. The van der Waals surface area contributed by atoms with E-state index in [0.717, 1.165) is 29.0 Å². The predicted molar refractivity (Wildman–Crippen MR) is 137 cm³/mol. The molecule has 34 heavy (non-hydrogen) atoms. The molecule has 1 N–H and O–H groups in total. The van der Waals surface area contributed by atoms with E-state index >= 15 is 0 Å². The van der Waals surface area contributed by atoms with Gasteiger partial charge in [-0.05, 0) is 43.0 Å². The Morgan fingerprint density at radius 2 is 1.74 bits per heavy atom. The lowest BCUT2D eigenvalue weighted by molar-refractivity contribution is -0.140. The minimum atomic E-state index is -3.80. The molecule has 0 fully saturated rings. The van der Waals surface area contributed by atoms with Gasteiger partial charge in [-0.3, -0.25) is 13.9 Å². The summed E-state index contributed by atoms with van der Waals surface area (Å²) in [5, 5.41) is 3.31. The number of hydrogen-bond donors (Lipinski definition) is 1. The van der Waals surface area contributed by atoms with Crippen LogP contribution in [-0.4, -0.2) is 50.5 Å². The molecule has 0 aromatic heterocycles. The van der Waals surface area contributed by atoms with E-state index in [4.69, 9.17) is 11.6 Å². The molecule has 0 heterocycles. The Kier molecular flexibility index (Phi) is 10.4. The van der Waals surface area contributed by atoms with E-state index in [0.29, 0.717) is 29.2 Å². The molecule has 0 saturated carbocycles. The van der Waals surface area contributed by atoms with Crippen molar-refractivity contribution in [2.75, 3.05) is 23.7 Å². The number of rotatable bonds is 12. The van der Waals surface area contributed by atoms with E-state index in [1.807, 2.05) is 44.2 Å². The number of hydrogen-bond acceptors (Lipinski definition) is 4. The number of sulfonamides is 1. The number of nitrogens with zero attached hydrogens (tertiary/aromatic N) is 2. The number of amides is 2. The third-order valence-corrected chi connectivity index (χ3v) is 7.13. The van der Waals surface area contributed by atoms with Crippen molar-refractivity contribution in [1.82, 2.24) is 10.2 Å². The molecule has 0 spiro atoms. The van der Waals surface area contributed by atoms with Gasteiger partial charge in [-0.1, -0.05) is 68.3 Å². The summed E-state index contributed by atoms with van der Waals surface area (Å²) in [7, 11) is -3.80. The SMILES string of the molecule is CCCCNC(=O)C(CC)N(Cc1ccccc1)C(=O)CN(c1cccc(Cl)c1C)S(C)(=O)=O. The van der Waals surface area contributed by atoms with Crippen molar-refractivity contribution in [3.63, 3.8) is 0 Å². The highest BCUT2D eigenvalue weighted by atomic mass is 35.5. The Morgan fingerprint density at radius 1 is 1.06 bits per heavy atom. The van der Waals surface area contributed by atoms with Crippen molar-refractivity contribution in [2.45, 2.75) is 52.6 Å². The molecule has 0 radical (unpaired) electrons. The summed E-state index contributed by atoms with van der Waals surface area (Å²) in [5.41, 5.74) is 1.74. The number of nitrogens with one attached hydrogen (secondary N) is 1. The van der Waals surface area contributed by atoms with Crippen molar-refractivity contribution in [2.24, 2.45) is 0 Å². The van der Waals surface area contributed by atoms with Gasteiger partial charge in [0, 0.05) is 18.1 Å². The van der Waals surface area contributed by atoms with Crippen LogP contribution in [0.1, 0.15) is 44.2 Å². The summed E-state index contributed by atoms with van der Waals surface area (Å²) in [6.45, 7) is 5.85. The Balaban J connectivity index is 2.42. The number of halogens is 1. The predicted octanol–water partition coefficient (Wildman–Crippen LogP) is 4.14. The second-order valence-electron chi connectivity index (χ2n) is 8.23. The average Bonchev–Trinajstić information content (AvgIpc) is 2.79. The van der Waals surface area contributed by atoms with E-state index in [-0.39, 0.29) is 12.5 Å². The van der Waals surface area contributed by atoms with E-state index in [2.05, 4.69) is 5.32 Å². The smallest absolute Gasteiger partial charge is 0.244 e. The number of unbranched alkanes of at least 4 members (excludes halogenated alkanes) is 1. The molecule has 2 aromatic carbocycles. The molecular weight excluding hydrogens is 474 g/mol. The van der Waals surface area contributed by atoms with Gasteiger partial charge in [0.1, 0.15) is 12.6 Å². The zero-order valence-corrected chi connectivity index (χ0v) is 21.8. The quantitative estimate of drug-likeness (QED) is 0.437. The Bertz CT molecular complexity index is 1080. The number of carbonyl (C=O) groups excluding carboxylic acids is 2. The van der Waals surface area contributed by atoms with Crippen LogP contribution in [0.4, 0.5) is 5.69 Å². The lowest BCUT2D eigenvalue weighted by Crippen LogP contribution is -2.52. The molecule has 0 aliphatic rings. The lowest BCUT2D eigenvalue weighted by atomic mass is 10.1. The van der Waals surface area contributed by atoms with Gasteiger partial charge in [0.2, 0.25) is 21.8 Å². The summed E-state index contributed by atoms with van der Waals surface area (Å²) in [4.78, 5) is 28.1. The van der Waals surface area contributed by atoms with Gasteiger partial charge in [-0.15, -0.1) is 0 Å². The maximum atomic E-state index is 13.6. The zero-order valence-electron chi connectivity index (χ0n) is 20.3. The normalized spacial score (nSPS) is 12.1. The van der Waals surface area contributed by atoms with E-state index in [9.17, 15) is 18.0 Å². The minimum absolute atomic E-state index is 0.186. The first-order valence-electron chi connectivity index (χ1n) is 11.4. The van der Waals surface area contributed by atoms with Crippen LogP contribution in [0.2, 0.25) is 5.02 Å². The van der Waals surface area contributed by atoms with Crippen LogP contribution >= 0.6 is 11.6 Å². The van der Waals surface area contributed by atoms with E-state index in [1.165, 1.54) is 4.90 Å². The lowest BCUT2D eigenvalue weighted by Gasteiger charge is -2.33. The molecule has 0 aliphatic carbocycles. The fourth-order valence-electron chi connectivity index (χ4n) is 3.67. The van der Waals surface area contributed by atoms with Crippen molar-refractivity contribution in [1.29, 1.82) is 0 Å². The van der Waals surface area contributed by atoms with Gasteiger partial charge in [0.15, 0.2) is 0 Å². The number of benzene rings is 2. The Hall–Kier alpha value is -2.58. The molecule has 1 unspecified atom stereocenters. The summed E-state index contributed by atoms with van der Waals surface area (Å²) >= 11 is 6.22. The number of carbonyl (C=O) groups is 2. The van der Waals surface area contributed by atoms with Crippen LogP contribution in [0.25, 0.3) is 0 Å². The molecule has 0 bridgehead atoms. The van der Waals surface area contributed by atoms with Crippen LogP contribution in [0.3, 0.4) is 0 Å². The van der Waals surface area contributed by atoms with Crippen molar-refractivity contribution >= 4 is 39.1 Å². The van der Waals surface area contributed by atoms with Gasteiger partial charge in [0.05, 0.1) is 11.9 Å².